The molecular weight excluding hydrogens is 444 g/mol. The molecule has 4 unspecified atom stereocenters. The third kappa shape index (κ3) is 2.98. The Morgan fingerprint density at radius 2 is 2.11 bits per heavy atom. The van der Waals surface area contributed by atoms with E-state index in [1.807, 2.05) is 26.1 Å². The zero-order chi connectivity index (χ0) is 24.6. The number of carbonyl (C=O) groups excluding carboxylic acids is 2. The first-order chi connectivity index (χ1) is 16.7. The van der Waals surface area contributed by atoms with Gasteiger partial charge in [-0.3, -0.25) is 9.59 Å². The summed E-state index contributed by atoms with van der Waals surface area (Å²) in [6, 6.07) is 2.32. The van der Waals surface area contributed by atoms with Crippen LogP contribution in [0.3, 0.4) is 0 Å². The van der Waals surface area contributed by atoms with Crippen LogP contribution in [0.25, 0.3) is 6.20 Å². The van der Waals surface area contributed by atoms with Crippen molar-refractivity contribution in [2.75, 3.05) is 31.2 Å². The van der Waals surface area contributed by atoms with Gasteiger partial charge in [0.05, 0.1) is 30.9 Å². The van der Waals surface area contributed by atoms with E-state index in [1.54, 1.807) is 10.9 Å². The van der Waals surface area contributed by atoms with Gasteiger partial charge in [-0.25, -0.2) is 4.68 Å². The van der Waals surface area contributed by atoms with Gasteiger partial charge in [-0.2, -0.15) is 10.4 Å². The van der Waals surface area contributed by atoms with E-state index in [2.05, 4.69) is 21.4 Å². The second-order valence-corrected chi connectivity index (χ2v) is 12.0. The normalized spacial score (nSPS) is 36.9. The zero-order valence-corrected chi connectivity index (χ0v) is 20.5. The van der Waals surface area contributed by atoms with E-state index in [9.17, 15) is 9.59 Å². The molecule has 9 nitrogen and oxygen atoms in total. The van der Waals surface area contributed by atoms with Crippen LogP contribution in [0.4, 0.5) is 5.82 Å². The Hall–Kier alpha value is -2.86. The summed E-state index contributed by atoms with van der Waals surface area (Å²) < 4.78 is 7.29. The number of nitrogens with one attached hydrogen (secondary N) is 1. The fourth-order valence-electron chi connectivity index (χ4n) is 8.28. The average Bonchev–Trinajstić information content (AvgIpc) is 3.47. The van der Waals surface area contributed by atoms with E-state index in [1.165, 1.54) is 0 Å². The molecule has 1 aliphatic heterocycles. The lowest BCUT2D eigenvalue weighted by atomic mass is 9.29. The maximum absolute atomic E-state index is 13.7. The molecule has 9 heteroatoms. The fraction of sp³-hybridized carbons (Fsp3) is 0.692. The number of nitriles is 1. The predicted molar refractivity (Wildman–Crippen MR) is 129 cm³/mol. The first-order valence-electron chi connectivity index (χ1n) is 12.8. The van der Waals surface area contributed by atoms with E-state index in [0.29, 0.717) is 56.0 Å². The molecule has 0 radical (unpaired) electrons. The maximum Gasteiger partial charge on any atom is 0.256 e. The van der Waals surface area contributed by atoms with E-state index < -0.39 is 0 Å². The molecule has 1 aromatic heterocycles. The molecule has 3 N–H and O–H groups in total. The van der Waals surface area contributed by atoms with E-state index >= 15 is 0 Å². The highest BCUT2D eigenvalue weighted by Gasteiger charge is 2.85. The predicted octanol–water partition coefficient (Wildman–Crippen LogP) is 2.15. The summed E-state index contributed by atoms with van der Waals surface area (Å²) in [4.78, 5) is 28.1. The summed E-state index contributed by atoms with van der Waals surface area (Å²) in [7, 11) is 0. The number of hydrogen-bond acceptors (Lipinski definition) is 6. The molecule has 35 heavy (non-hydrogen) atoms. The third-order valence-electron chi connectivity index (χ3n) is 9.87. The van der Waals surface area contributed by atoms with E-state index in [-0.39, 0.29) is 34.1 Å². The van der Waals surface area contributed by atoms with Crippen LogP contribution in [0, 0.1) is 45.3 Å². The topological polar surface area (TPSA) is 126 Å². The van der Waals surface area contributed by atoms with Crippen LogP contribution in [0.2, 0.25) is 0 Å². The highest BCUT2D eigenvalue weighted by molar-refractivity contribution is 5.99. The highest BCUT2D eigenvalue weighted by atomic mass is 16.5. The van der Waals surface area contributed by atoms with Crippen molar-refractivity contribution in [3.63, 3.8) is 0 Å². The quantitative estimate of drug-likeness (QED) is 0.618. The number of primary amides is 1. The van der Waals surface area contributed by atoms with E-state index in [4.69, 9.17) is 15.7 Å². The molecule has 2 heterocycles. The molecule has 4 saturated carbocycles. The lowest BCUT2D eigenvalue weighted by Gasteiger charge is -2.73. The number of amides is 2. The SMILES string of the molecule is CC(C)(/C=C/n1ncc(C(=O)N[C@@H]2C3CC4C[C@]5(C(N)=O)CC2C45C3)c1N1CCOCC1)CC#N. The summed E-state index contributed by atoms with van der Waals surface area (Å²) in [6.07, 6.45) is 9.73. The number of ether oxygens (including phenoxy) is 1. The van der Waals surface area contributed by atoms with Crippen LogP contribution in [0.5, 0.6) is 0 Å². The molecule has 5 fully saturated rings. The van der Waals surface area contributed by atoms with Gasteiger partial charge in [-0.1, -0.05) is 19.9 Å². The Balaban J connectivity index is 1.25. The Morgan fingerprint density at radius 3 is 2.83 bits per heavy atom. The van der Waals surface area contributed by atoms with Crippen LogP contribution in [-0.2, 0) is 9.53 Å². The van der Waals surface area contributed by atoms with Gasteiger partial charge in [-0.05, 0) is 54.3 Å². The average molecular weight is 479 g/mol. The lowest BCUT2D eigenvalue weighted by molar-refractivity contribution is -0.251. The van der Waals surface area contributed by atoms with Crippen LogP contribution >= 0.6 is 0 Å². The molecule has 2 amide bonds. The summed E-state index contributed by atoms with van der Waals surface area (Å²) in [5.41, 5.74) is 5.82. The summed E-state index contributed by atoms with van der Waals surface area (Å²) in [6.45, 7) is 6.57. The van der Waals surface area contributed by atoms with Crippen LogP contribution in [-0.4, -0.2) is 53.9 Å². The fourth-order valence-corrected chi connectivity index (χ4v) is 8.28. The minimum absolute atomic E-state index is 0.0354. The molecule has 6 atom stereocenters. The molecule has 5 aliphatic rings. The Morgan fingerprint density at radius 1 is 1.34 bits per heavy atom. The highest BCUT2D eigenvalue weighted by Crippen LogP contribution is 2.86. The summed E-state index contributed by atoms with van der Waals surface area (Å²) >= 11 is 0. The van der Waals surface area contributed by atoms with Gasteiger partial charge in [0.25, 0.3) is 5.91 Å². The molecule has 1 saturated heterocycles. The molecule has 6 rings (SSSR count). The monoisotopic (exact) mass is 478 g/mol. The second-order valence-electron chi connectivity index (χ2n) is 12.0. The molecule has 1 spiro atoms. The number of rotatable bonds is 7. The maximum atomic E-state index is 13.7. The molecule has 1 aromatic rings. The van der Waals surface area contributed by atoms with Gasteiger partial charge >= 0.3 is 0 Å². The first kappa shape index (κ1) is 22.6. The number of aromatic nitrogens is 2. The molecule has 4 aliphatic carbocycles. The number of anilines is 1. The standard InChI is InChI=1S/C26H34N6O3/c1-24(2,3-5-27)4-6-32-22(31-7-9-35-10-8-31)18(15-29-32)21(33)30-20-16-11-17-13-25(23(28)34)14-19(20)26(17,25)12-16/h4,6,15-17,19-20H,3,7-14H2,1-2H3,(H2,28,34)(H,30,33)/b6-4+/t16?,17?,19?,20-,25-,26?/m1/s1. The van der Waals surface area contributed by atoms with Gasteiger partial charge < -0.3 is 20.7 Å². The number of hydrogen-bond donors (Lipinski definition) is 2. The van der Waals surface area contributed by atoms with Crippen molar-refractivity contribution in [3.8, 4) is 6.07 Å². The van der Waals surface area contributed by atoms with Gasteiger partial charge in [-0.15, -0.1) is 0 Å². The number of nitrogens with two attached hydrogens (primary N) is 1. The van der Waals surface area contributed by atoms with Crippen LogP contribution < -0.4 is 16.0 Å². The molecule has 2 bridgehead atoms. The number of allylic oxidation sites excluding steroid dienone is 1. The smallest absolute Gasteiger partial charge is 0.256 e. The second kappa shape index (κ2) is 7.57. The van der Waals surface area contributed by atoms with Gasteiger partial charge in [0.2, 0.25) is 5.91 Å². The van der Waals surface area contributed by atoms with Crippen molar-refractivity contribution in [1.82, 2.24) is 15.1 Å². The number of carbonyl (C=O) groups is 2. The van der Waals surface area contributed by atoms with Crippen molar-refractivity contribution >= 4 is 23.8 Å². The largest absolute Gasteiger partial charge is 0.378 e. The Kier molecular flexibility index (Phi) is 4.89. The minimum Gasteiger partial charge on any atom is -0.378 e. The van der Waals surface area contributed by atoms with Crippen molar-refractivity contribution in [2.24, 2.45) is 39.7 Å². The number of fused-ring (bicyclic) bond motifs is 1. The lowest BCUT2D eigenvalue weighted by Crippen LogP contribution is -2.75. The molecule has 186 valence electrons. The minimum atomic E-state index is -0.318. The summed E-state index contributed by atoms with van der Waals surface area (Å²) in [5.74, 6) is 1.89. The number of morpholine rings is 1. The molecule has 0 aromatic carbocycles. The third-order valence-corrected chi connectivity index (χ3v) is 9.87. The zero-order valence-electron chi connectivity index (χ0n) is 20.5. The van der Waals surface area contributed by atoms with Crippen molar-refractivity contribution in [3.05, 3.63) is 17.8 Å². The Labute approximate surface area is 205 Å². The van der Waals surface area contributed by atoms with Gasteiger partial charge in [0.1, 0.15) is 11.4 Å². The van der Waals surface area contributed by atoms with Gasteiger partial charge in [0.15, 0.2) is 0 Å². The molecular formula is C26H34N6O3. The first-order valence-corrected chi connectivity index (χ1v) is 12.8. The summed E-state index contributed by atoms with van der Waals surface area (Å²) in [5, 5.41) is 17.0. The van der Waals surface area contributed by atoms with Crippen LogP contribution in [0.15, 0.2) is 12.3 Å². The Bertz CT molecular complexity index is 1140. The van der Waals surface area contributed by atoms with Crippen LogP contribution in [0.1, 0.15) is 56.3 Å². The van der Waals surface area contributed by atoms with Gasteiger partial charge in [0, 0.05) is 31.8 Å². The van der Waals surface area contributed by atoms with Crippen molar-refractivity contribution in [2.45, 2.75) is 52.0 Å². The van der Waals surface area contributed by atoms with Crippen molar-refractivity contribution in [1.29, 1.82) is 5.26 Å². The van der Waals surface area contributed by atoms with E-state index in [0.717, 1.165) is 31.5 Å². The number of nitrogens with zero attached hydrogens (tertiary/aromatic N) is 4. The van der Waals surface area contributed by atoms with Crippen molar-refractivity contribution < 1.29 is 14.3 Å².